The van der Waals surface area contributed by atoms with Crippen molar-refractivity contribution in [2.24, 2.45) is 0 Å². The predicted molar refractivity (Wildman–Crippen MR) is 95.3 cm³/mol. The highest BCUT2D eigenvalue weighted by atomic mass is 19.1. The first-order valence-corrected chi connectivity index (χ1v) is 8.47. The van der Waals surface area contributed by atoms with Crippen molar-refractivity contribution >= 4 is 5.91 Å². The van der Waals surface area contributed by atoms with E-state index in [0.717, 1.165) is 19.6 Å². The smallest absolute Gasteiger partial charge is 0.257 e. The second-order valence-corrected chi connectivity index (χ2v) is 6.40. The van der Waals surface area contributed by atoms with Crippen molar-refractivity contribution in [3.05, 3.63) is 65.0 Å². The van der Waals surface area contributed by atoms with Crippen LogP contribution in [0, 0.1) is 12.7 Å². The minimum Gasteiger partial charge on any atom is -0.496 e. The zero-order valence-corrected chi connectivity index (χ0v) is 14.7. The molecule has 0 aromatic heterocycles. The number of halogens is 1. The summed E-state index contributed by atoms with van der Waals surface area (Å²) in [5.74, 6) is -0.192. The summed E-state index contributed by atoms with van der Waals surface area (Å²) in [5, 5.41) is 0. The van der Waals surface area contributed by atoms with E-state index in [1.54, 1.807) is 4.90 Å². The second-order valence-electron chi connectivity index (χ2n) is 6.40. The molecule has 0 bridgehead atoms. The molecule has 1 aliphatic heterocycles. The van der Waals surface area contributed by atoms with Crippen molar-refractivity contribution in [2.45, 2.75) is 13.5 Å². The molecule has 3 rings (SSSR count). The summed E-state index contributed by atoms with van der Waals surface area (Å²) in [5.41, 5.74) is 2.82. The van der Waals surface area contributed by atoms with Crippen molar-refractivity contribution in [1.29, 1.82) is 0 Å². The fraction of sp³-hybridized carbons (Fsp3) is 0.350. The molecule has 0 unspecified atom stereocenters. The Morgan fingerprint density at radius 2 is 1.88 bits per heavy atom. The number of carbonyl (C=O) groups is 1. The molecule has 0 atom stereocenters. The van der Waals surface area contributed by atoms with Gasteiger partial charge in [0.15, 0.2) is 0 Å². The van der Waals surface area contributed by atoms with Crippen LogP contribution in [0.25, 0.3) is 0 Å². The van der Waals surface area contributed by atoms with Crippen molar-refractivity contribution < 1.29 is 13.9 Å². The molecule has 0 saturated carbocycles. The third-order valence-electron chi connectivity index (χ3n) is 4.54. The Bertz CT molecular complexity index is 755. The van der Waals surface area contributed by atoms with Gasteiger partial charge >= 0.3 is 0 Å². The van der Waals surface area contributed by atoms with E-state index < -0.39 is 5.82 Å². The first-order chi connectivity index (χ1) is 12.1. The van der Waals surface area contributed by atoms with E-state index in [1.807, 2.05) is 0 Å². The number of rotatable bonds is 4. The Morgan fingerprint density at radius 3 is 2.56 bits per heavy atom. The highest BCUT2D eigenvalue weighted by Crippen LogP contribution is 2.22. The van der Waals surface area contributed by atoms with Crippen LogP contribution < -0.4 is 4.74 Å². The number of nitrogens with zero attached hydrogens (tertiary/aromatic N) is 2. The molecule has 132 valence electrons. The molecule has 0 N–H and O–H groups in total. The first kappa shape index (κ1) is 17.4. The van der Waals surface area contributed by atoms with Crippen LogP contribution in [0.4, 0.5) is 4.39 Å². The zero-order valence-electron chi connectivity index (χ0n) is 14.7. The van der Waals surface area contributed by atoms with Crippen molar-refractivity contribution in [1.82, 2.24) is 9.80 Å². The quantitative estimate of drug-likeness (QED) is 0.856. The molecule has 1 fully saturated rings. The van der Waals surface area contributed by atoms with Crippen LogP contribution in [0.2, 0.25) is 0 Å². The molecular weight excluding hydrogens is 319 g/mol. The van der Waals surface area contributed by atoms with Crippen molar-refractivity contribution in [3.63, 3.8) is 0 Å². The number of hydrogen-bond donors (Lipinski definition) is 0. The molecule has 5 heteroatoms. The number of carbonyl (C=O) groups excluding carboxylic acids is 1. The van der Waals surface area contributed by atoms with E-state index in [9.17, 15) is 9.18 Å². The summed E-state index contributed by atoms with van der Waals surface area (Å²) < 4.78 is 18.7. The van der Waals surface area contributed by atoms with Crippen LogP contribution in [0.3, 0.4) is 0 Å². The maximum absolute atomic E-state index is 13.5. The minimum atomic E-state index is -0.428. The Kier molecular flexibility index (Phi) is 5.34. The maximum Gasteiger partial charge on any atom is 0.257 e. The lowest BCUT2D eigenvalue weighted by atomic mass is 10.1. The van der Waals surface area contributed by atoms with Gasteiger partial charge in [-0.1, -0.05) is 29.8 Å². The van der Waals surface area contributed by atoms with E-state index in [4.69, 9.17) is 4.74 Å². The molecule has 0 spiro atoms. The molecule has 1 aliphatic rings. The van der Waals surface area contributed by atoms with Crippen LogP contribution in [-0.4, -0.2) is 49.0 Å². The van der Waals surface area contributed by atoms with Gasteiger partial charge in [0.25, 0.3) is 5.91 Å². The van der Waals surface area contributed by atoms with Gasteiger partial charge in [0, 0.05) is 32.7 Å². The monoisotopic (exact) mass is 342 g/mol. The van der Waals surface area contributed by atoms with Gasteiger partial charge in [-0.05, 0) is 30.7 Å². The van der Waals surface area contributed by atoms with Crippen LogP contribution in [0.5, 0.6) is 5.75 Å². The van der Waals surface area contributed by atoms with Crippen LogP contribution in [-0.2, 0) is 6.54 Å². The first-order valence-electron chi connectivity index (χ1n) is 8.47. The summed E-state index contributed by atoms with van der Waals surface area (Å²) in [6, 6.07) is 12.5. The van der Waals surface area contributed by atoms with Gasteiger partial charge in [-0.25, -0.2) is 4.39 Å². The largest absolute Gasteiger partial charge is 0.496 e. The van der Waals surface area contributed by atoms with Gasteiger partial charge in [0.2, 0.25) is 0 Å². The van der Waals surface area contributed by atoms with E-state index >= 15 is 0 Å². The molecule has 1 amide bonds. The molecule has 1 heterocycles. The number of piperazine rings is 1. The fourth-order valence-corrected chi connectivity index (χ4v) is 3.20. The predicted octanol–water partition coefficient (Wildman–Crippen LogP) is 3.10. The maximum atomic E-state index is 13.5. The molecule has 4 nitrogen and oxygen atoms in total. The summed E-state index contributed by atoms with van der Waals surface area (Å²) in [4.78, 5) is 16.8. The highest BCUT2D eigenvalue weighted by molar-refractivity contribution is 5.97. The van der Waals surface area contributed by atoms with E-state index in [1.165, 1.54) is 36.4 Å². The van der Waals surface area contributed by atoms with Gasteiger partial charge in [-0.15, -0.1) is 0 Å². The molecule has 2 aromatic carbocycles. The Labute approximate surface area is 147 Å². The fourth-order valence-electron chi connectivity index (χ4n) is 3.20. The minimum absolute atomic E-state index is 0.174. The number of hydrogen-bond acceptors (Lipinski definition) is 3. The number of benzene rings is 2. The van der Waals surface area contributed by atoms with Gasteiger partial charge in [-0.2, -0.15) is 0 Å². The number of aryl methyl sites for hydroxylation is 1. The average molecular weight is 342 g/mol. The third kappa shape index (κ3) is 4.17. The Hall–Kier alpha value is -2.40. The summed E-state index contributed by atoms with van der Waals surface area (Å²) in [6.07, 6.45) is 0. The Balaban J connectivity index is 1.62. The Morgan fingerprint density at radius 1 is 1.12 bits per heavy atom. The molecular formula is C20H23FN2O2. The summed E-state index contributed by atoms with van der Waals surface area (Å²) in [7, 11) is 1.49. The molecule has 2 aromatic rings. The standard InChI is InChI=1S/C20H23FN2O2/c1-15-4-3-5-16(12-15)14-22-8-10-23(11-9-22)20(24)18-13-17(21)6-7-19(18)25-2/h3-7,12-13H,8-11,14H2,1-2H3. The number of ether oxygens (including phenoxy) is 1. The molecule has 1 saturated heterocycles. The lowest BCUT2D eigenvalue weighted by molar-refractivity contribution is 0.0625. The lowest BCUT2D eigenvalue weighted by Gasteiger charge is -2.35. The topological polar surface area (TPSA) is 32.8 Å². The van der Waals surface area contributed by atoms with Gasteiger partial charge < -0.3 is 9.64 Å². The SMILES string of the molecule is COc1ccc(F)cc1C(=O)N1CCN(Cc2cccc(C)c2)CC1. The van der Waals surface area contributed by atoms with Gasteiger partial charge in [0.1, 0.15) is 11.6 Å². The molecule has 25 heavy (non-hydrogen) atoms. The number of amides is 1. The van der Waals surface area contributed by atoms with Crippen LogP contribution >= 0.6 is 0 Å². The number of methoxy groups -OCH3 is 1. The van der Waals surface area contributed by atoms with Gasteiger partial charge in [0.05, 0.1) is 12.7 Å². The average Bonchev–Trinajstić information content (AvgIpc) is 2.62. The van der Waals surface area contributed by atoms with Crippen LogP contribution in [0.1, 0.15) is 21.5 Å². The van der Waals surface area contributed by atoms with E-state index in [-0.39, 0.29) is 11.5 Å². The normalized spacial score (nSPS) is 15.2. The van der Waals surface area contributed by atoms with E-state index in [0.29, 0.717) is 18.8 Å². The van der Waals surface area contributed by atoms with Crippen molar-refractivity contribution in [2.75, 3.05) is 33.3 Å². The lowest BCUT2D eigenvalue weighted by Crippen LogP contribution is -2.48. The van der Waals surface area contributed by atoms with Crippen LogP contribution in [0.15, 0.2) is 42.5 Å². The zero-order chi connectivity index (χ0) is 17.8. The molecule has 0 radical (unpaired) electrons. The van der Waals surface area contributed by atoms with E-state index in [2.05, 4.69) is 36.1 Å². The van der Waals surface area contributed by atoms with Gasteiger partial charge in [-0.3, -0.25) is 9.69 Å². The highest BCUT2D eigenvalue weighted by Gasteiger charge is 2.24. The third-order valence-corrected chi connectivity index (χ3v) is 4.54. The molecule has 0 aliphatic carbocycles. The second kappa shape index (κ2) is 7.66. The summed E-state index contributed by atoms with van der Waals surface area (Å²) in [6.45, 7) is 5.84. The van der Waals surface area contributed by atoms with Crippen molar-refractivity contribution in [3.8, 4) is 5.75 Å². The summed E-state index contributed by atoms with van der Waals surface area (Å²) >= 11 is 0.